The van der Waals surface area contributed by atoms with Crippen LogP contribution in [0.2, 0.25) is 0 Å². The minimum absolute atomic E-state index is 0.343. The third-order valence-electron chi connectivity index (χ3n) is 13.0. The second-order valence-corrected chi connectivity index (χ2v) is 17.4. The average molecular weight is 953 g/mol. The number of alkyl halides is 6. The van der Waals surface area contributed by atoms with E-state index < -0.39 is 23.5 Å². The van der Waals surface area contributed by atoms with Gasteiger partial charge in [-0.1, -0.05) is 121 Å². The molecule has 346 valence electrons. The zero-order valence-electron chi connectivity index (χ0n) is 37.6. The molecule has 9 aromatic carbocycles. The molecule has 0 N–H and O–H groups in total. The minimum atomic E-state index is -4.61. The Hall–Kier alpha value is -9.34. The van der Waals surface area contributed by atoms with Gasteiger partial charge in [0, 0.05) is 49.4 Å². The topological polar surface area (TPSA) is 72.3 Å². The summed E-state index contributed by atoms with van der Waals surface area (Å²) in [5.41, 5.74) is 7.07. The van der Waals surface area contributed by atoms with E-state index in [4.69, 9.17) is 15.0 Å². The van der Waals surface area contributed by atoms with Crippen LogP contribution in [0.1, 0.15) is 16.7 Å². The number of aromatic nitrogens is 5. The fourth-order valence-electron chi connectivity index (χ4n) is 9.73. The number of hydrogen-bond acceptors (Lipinski definition) is 4. The number of fused-ring (bicyclic) bond motifs is 6. The summed E-state index contributed by atoms with van der Waals surface area (Å²) in [6.07, 6.45) is -9.21. The molecule has 0 amide bonds. The lowest BCUT2D eigenvalue weighted by molar-refractivity contribution is -0.138. The van der Waals surface area contributed by atoms with Gasteiger partial charge in [0.25, 0.3) is 0 Å². The van der Waals surface area contributed by atoms with Gasteiger partial charge < -0.3 is 9.13 Å². The largest absolute Gasteiger partial charge is 0.416 e. The normalized spacial score (nSPS) is 12.0. The number of halogens is 6. The lowest BCUT2D eigenvalue weighted by Crippen LogP contribution is -2.05. The van der Waals surface area contributed by atoms with Crippen molar-refractivity contribution in [3.05, 3.63) is 223 Å². The van der Waals surface area contributed by atoms with E-state index in [0.29, 0.717) is 94.7 Å². The van der Waals surface area contributed by atoms with Crippen molar-refractivity contribution in [3.8, 4) is 73.9 Å². The highest BCUT2D eigenvalue weighted by Crippen LogP contribution is 2.45. The van der Waals surface area contributed by atoms with Crippen molar-refractivity contribution in [1.29, 1.82) is 5.26 Å². The zero-order valence-corrected chi connectivity index (χ0v) is 37.6. The second-order valence-electron chi connectivity index (χ2n) is 17.4. The maximum absolute atomic E-state index is 14.4. The molecule has 0 bridgehead atoms. The van der Waals surface area contributed by atoms with Crippen molar-refractivity contribution in [2.24, 2.45) is 0 Å². The van der Waals surface area contributed by atoms with Gasteiger partial charge in [0.1, 0.15) is 0 Å². The second kappa shape index (κ2) is 17.0. The van der Waals surface area contributed by atoms with Crippen molar-refractivity contribution >= 4 is 43.6 Å². The lowest BCUT2D eigenvalue weighted by atomic mass is 9.94. The summed E-state index contributed by atoms with van der Waals surface area (Å²) in [7, 11) is 0. The molecule has 0 unspecified atom stereocenters. The van der Waals surface area contributed by atoms with Crippen LogP contribution in [-0.2, 0) is 12.4 Å². The smallest absolute Gasteiger partial charge is 0.309 e. The molecule has 0 aliphatic rings. The first-order valence-electron chi connectivity index (χ1n) is 22.8. The predicted molar refractivity (Wildman–Crippen MR) is 270 cm³/mol. The van der Waals surface area contributed by atoms with E-state index in [1.807, 2.05) is 137 Å². The molecular weight excluding hydrogens is 919 g/mol. The van der Waals surface area contributed by atoms with Gasteiger partial charge in [0.15, 0.2) is 17.5 Å². The van der Waals surface area contributed by atoms with Crippen molar-refractivity contribution in [1.82, 2.24) is 24.1 Å². The summed E-state index contributed by atoms with van der Waals surface area (Å²) in [6.45, 7) is 0. The highest BCUT2D eigenvalue weighted by molar-refractivity contribution is 6.12. The third kappa shape index (κ3) is 7.59. The maximum atomic E-state index is 14.4. The van der Waals surface area contributed by atoms with Crippen LogP contribution in [0.25, 0.3) is 111 Å². The lowest BCUT2D eigenvalue weighted by Gasteiger charge is -2.21. The molecule has 6 nitrogen and oxygen atoms in total. The van der Waals surface area contributed by atoms with Crippen LogP contribution in [0.4, 0.5) is 26.3 Å². The molecule has 12 heteroatoms. The Kier molecular flexibility index (Phi) is 10.3. The van der Waals surface area contributed by atoms with Crippen LogP contribution in [0.15, 0.2) is 206 Å². The molecular formula is C60H34F6N6. The SMILES string of the molecule is N#Cc1cccc(-c2ccc(-c3cc(-c4nc(-c5ccccc5)nc(-c5ccccc5)n4)ccc3-n3c4ccccc4c4cc(C(F)(F)F)ccc43)c(-n3c4ccccc4c4cc(C(F)(F)F)ccc43)c2)c1. The average Bonchev–Trinajstić information content (AvgIpc) is 3.92. The van der Waals surface area contributed by atoms with E-state index >= 15 is 0 Å². The van der Waals surface area contributed by atoms with Gasteiger partial charge in [0.2, 0.25) is 0 Å². The van der Waals surface area contributed by atoms with E-state index in [1.54, 1.807) is 42.5 Å². The van der Waals surface area contributed by atoms with E-state index in [0.717, 1.165) is 34.4 Å². The maximum Gasteiger partial charge on any atom is 0.416 e. The first kappa shape index (κ1) is 43.9. The fraction of sp³-hybridized carbons (Fsp3) is 0.0333. The molecule has 0 atom stereocenters. The Balaban J connectivity index is 1.20. The van der Waals surface area contributed by atoms with Gasteiger partial charge in [-0.15, -0.1) is 0 Å². The number of benzene rings is 9. The molecule has 0 aliphatic carbocycles. The van der Waals surface area contributed by atoms with Gasteiger partial charge in [0.05, 0.1) is 56.2 Å². The molecule has 0 radical (unpaired) electrons. The molecule has 3 heterocycles. The summed E-state index contributed by atoms with van der Waals surface area (Å²) in [4.78, 5) is 15.0. The summed E-state index contributed by atoms with van der Waals surface area (Å²) >= 11 is 0. The van der Waals surface area contributed by atoms with E-state index in [1.165, 1.54) is 24.3 Å². The highest BCUT2D eigenvalue weighted by Gasteiger charge is 2.33. The van der Waals surface area contributed by atoms with Crippen molar-refractivity contribution in [2.45, 2.75) is 12.4 Å². The predicted octanol–water partition coefficient (Wildman–Crippen LogP) is 16.3. The summed E-state index contributed by atoms with van der Waals surface area (Å²) < 4.78 is 90.4. The molecule has 3 aromatic heterocycles. The molecule has 0 saturated carbocycles. The van der Waals surface area contributed by atoms with Gasteiger partial charge >= 0.3 is 12.4 Å². The van der Waals surface area contributed by atoms with E-state index in [-0.39, 0.29) is 0 Å². The molecule has 12 rings (SSSR count). The van der Waals surface area contributed by atoms with E-state index in [2.05, 4.69) is 6.07 Å². The first-order chi connectivity index (χ1) is 34.9. The fourth-order valence-corrected chi connectivity index (χ4v) is 9.73. The van der Waals surface area contributed by atoms with Gasteiger partial charge in [-0.3, -0.25) is 0 Å². The van der Waals surface area contributed by atoms with Gasteiger partial charge in [-0.05, 0) is 96.1 Å². The summed E-state index contributed by atoms with van der Waals surface area (Å²) in [5, 5.41) is 11.9. The number of hydrogen-bond donors (Lipinski definition) is 0. The van der Waals surface area contributed by atoms with Gasteiger partial charge in [-0.2, -0.15) is 31.6 Å². The minimum Gasteiger partial charge on any atom is -0.309 e. The Bertz CT molecular complexity index is 4090. The van der Waals surface area contributed by atoms with Crippen molar-refractivity contribution < 1.29 is 26.3 Å². The number of nitrogens with zero attached hydrogens (tertiary/aromatic N) is 6. The Labute approximate surface area is 407 Å². The molecule has 0 spiro atoms. The molecule has 0 aliphatic heterocycles. The highest BCUT2D eigenvalue weighted by atomic mass is 19.4. The quantitative estimate of drug-likeness (QED) is 0.149. The Morgan fingerprint density at radius 1 is 0.347 bits per heavy atom. The van der Waals surface area contributed by atoms with Crippen molar-refractivity contribution in [3.63, 3.8) is 0 Å². The summed E-state index contributed by atoms with van der Waals surface area (Å²) in [5.74, 6) is 1.21. The Morgan fingerprint density at radius 2 is 0.806 bits per heavy atom. The van der Waals surface area contributed by atoms with Crippen LogP contribution < -0.4 is 0 Å². The number of rotatable bonds is 7. The number of para-hydroxylation sites is 2. The van der Waals surface area contributed by atoms with Crippen LogP contribution in [0, 0.1) is 11.3 Å². The molecule has 0 saturated heterocycles. The van der Waals surface area contributed by atoms with Crippen molar-refractivity contribution in [2.75, 3.05) is 0 Å². The van der Waals surface area contributed by atoms with Crippen LogP contribution in [0.5, 0.6) is 0 Å². The van der Waals surface area contributed by atoms with E-state index in [9.17, 15) is 31.6 Å². The first-order valence-corrected chi connectivity index (χ1v) is 22.8. The molecule has 12 aromatic rings. The van der Waals surface area contributed by atoms with Crippen LogP contribution >= 0.6 is 0 Å². The molecule has 72 heavy (non-hydrogen) atoms. The standard InChI is InChI=1S/C60H34F6N6/c61-59(62,63)42-24-28-53-48(33-42)44-18-7-9-20-50(44)71(53)52-27-23-41(58-69-56(37-13-3-1-4-14-37)68-57(70-58)38-15-5-2-6-16-38)31-47(52)46-26-22-40(39-17-11-12-36(30-39)35-67)32-55(46)72-51-21-10-8-19-45(51)49-34-43(60(64,65)66)25-29-54(49)72/h1-34H. The zero-order chi connectivity index (χ0) is 49.3. The third-order valence-corrected chi connectivity index (χ3v) is 13.0. The van der Waals surface area contributed by atoms with Crippen LogP contribution in [-0.4, -0.2) is 24.1 Å². The Morgan fingerprint density at radius 3 is 1.35 bits per heavy atom. The van der Waals surface area contributed by atoms with Gasteiger partial charge in [-0.25, -0.2) is 15.0 Å². The number of nitriles is 1. The molecule has 0 fully saturated rings. The monoisotopic (exact) mass is 952 g/mol. The summed E-state index contributed by atoms with van der Waals surface area (Å²) in [6, 6.07) is 62.0. The van der Waals surface area contributed by atoms with Crippen LogP contribution in [0.3, 0.4) is 0 Å².